The number of halogens is 3. The van der Waals surface area contributed by atoms with Crippen LogP contribution in [0, 0.1) is 13.8 Å². The molecule has 42 heavy (non-hydrogen) atoms. The average molecular weight is 656 g/mol. The average Bonchev–Trinajstić information content (AvgIpc) is 2.92. The van der Waals surface area contributed by atoms with Crippen LogP contribution in [0.2, 0.25) is 0 Å². The summed E-state index contributed by atoms with van der Waals surface area (Å²) in [5.41, 5.74) is 3.43. The highest BCUT2D eigenvalue weighted by Gasteiger charge is 2.23. The number of aromatic carboxylic acids is 1. The zero-order chi connectivity index (χ0) is 27.7. The van der Waals surface area contributed by atoms with Crippen molar-refractivity contribution in [2.75, 3.05) is 47.8 Å². The number of pyridine rings is 1. The van der Waals surface area contributed by atoms with Crippen LogP contribution in [0.3, 0.4) is 0 Å². The van der Waals surface area contributed by atoms with Gasteiger partial charge >= 0.3 is 5.97 Å². The second kappa shape index (κ2) is 14.2. The molecule has 1 aliphatic rings. The number of anilines is 3. The summed E-state index contributed by atoms with van der Waals surface area (Å²) in [4.78, 5) is 21.5. The molecule has 5 rings (SSSR count). The predicted octanol–water partition coefficient (Wildman–Crippen LogP) is 5.95. The fourth-order valence-corrected chi connectivity index (χ4v) is 6.27. The van der Waals surface area contributed by atoms with E-state index in [0.29, 0.717) is 35.4 Å². The van der Waals surface area contributed by atoms with Gasteiger partial charge in [0, 0.05) is 37.3 Å². The van der Waals surface area contributed by atoms with Crippen molar-refractivity contribution in [2.45, 2.75) is 18.7 Å². The Balaban J connectivity index is 0.00000205. The second-order valence-corrected chi connectivity index (χ2v) is 11.2. The molecular formula is C29H33Cl3N4O5S. The minimum absolute atomic E-state index is 0. The van der Waals surface area contributed by atoms with E-state index in [1.807, 2.05) is 31.2 Å². The summed E-state index contributed by atoms with van der Waals surface area (Å²) in [6, 6.07) is 19.3. The molecule has 2 N–H and O–H groups in total. The number of para-hydroxylation sites is 2. The smallest absolute Gasteiger partial charge is 0.336 e. The van der Waals surface area contributed by atoms with Crippen molar-refractivity contribution in [1.29, 1.82) is 0 Å². The molecule has 0 amide bonds. The van der Waals surface area contributed by atoms with Crippen LogP contribution in [-0.4, -0.2) is 57.8 Å². The number of fused-ring (bicyclic) bond motifs is 1. The SMILES string of the molecule is COc1ccccc1N1CCN(c2cc(C(=O)O)c3cc(NS(=O)(=O)c4ccc(C)cc4C)ccc3n2)CC1.Cl.Cl.Cl. The van der Waals surface area contributed by atoms with Crippen LogP contribution >= 0.6 is 37.2 Å². The number of carboxylic acids is 1. The van der Waals surface area contributed by atoms with Gasteiger partial charge in [-0.25, -0.2) is 18.2 Å². The number of sulfonamides is 1. The van der Waals surface area contributed by atoms with Gasteiger partial charge < -0.3 is 19.6 Å². The number of aromatic nitrogens is 1. The number of piperazine rings is 1. The lowest BCUT2D eigenvalue weighted by molar-refractivity contribution is 0.0699. The zero-order valence-corrected chi connectivity index (χ0v) is 26.5. The number of nitrogens with zero attached hydrogens (tertiary/aromatic N) is 3. The van der Waals surface area contributed by atoms with Crippen LogP contribution in [-0.2, 0) is 10.0 Å². The molecule has 0 radical (unpaired) electrons. The Hall–Kier alpha value is -3.44. The molecule has 0 aliphatic carbocycles. The lowest BCUT2D eigenvalue weighted by Crippen LogP contribution is -2.47. The molecule has 1 saturated heterocycles. The highest BCUT2D eigenvalue weighted by molar-refractivity contribution is 7.92. The monoisotopic (exact) mass is 654 g/mol. The Labute approximate surface area is 264 Å². The van der Waals surface area contributed by atoms with Gasteiger partial charge in [0.05, 0.1) is 28.8 Å². The minimum Gasteiger partial charge on any atom is -0.495 e. The van der Waals surface area contributed by atoms with E-state index in [-0.39, 0.29) is 53.4 Å². The van der Waals surface area contributed by atoms with Gasteiger partial charge in [-0.1, -0.05) is 29.8 Å². The van der Waals surface area contributed by atoms with E-state index in [0.717, 1.165) is 30.1 Å². The van der Waals surface area contributed by atoms with E-state index >= 15 is 0 Å². The third kappa shape index (κ3) is 7.12. The number of ether oxygens (including phenoxy) is 1. The van der Waals surface area contributed by atoms with Gasteiger partial charge in [-0.15, -0.1) is 37.2 Å². The van der Waals surface area contributed by atoms with Crippen molar-refractivity contribution in [3.63, 3.8) is 0 Å². The molecule has 0 spiro atoms. The summed E-state index contributed by atoms with van der Waals surface area (Å²) in [7, 11) is -2.21. The van der Waals surface area contributed by atoms with E-state index in [1.165, 1.54) is 6.07 Å². The largest absolute Gasteiger partial charge is 0.495 e. The quantitative estimate of drug-likeness (QED) is 0.251. The third-order valence-corrected chi connectivity index (χ3v) is 8.47. The van der Waals surface area contributed by atoms with Gasteiger partial charge in [0.15, 0.2) is 0 Å². The molecule has 1 aliphatic heterocycles. The van der Waals surface area contributed by atoms with E-state index < -0.39 is 16.0 Å². The van der Waals surface area contributed by atoms with Crippen LogP contribution in [0.15, 0.2) is 71.6 Å². The Morgan fingerprint density at radius 1 is 0.905 bits per heavy atom. The fourth-order valence-electron chi connectivity index (χ4n) is 4.99. The molecule has 1 fully saturated rings. The first-order valence-corrected chi connectivity index (χ1v) is 14.1. The standard InChI is InChI=1S/C29H30N4O5S.3ClH/c1-19-8-11-27(20(2)16-19)39(36,37)31-21-9-10-24-22(17-21)23(29(34)35)18-28(30-24)33-14-12-32(13-15-33)25-6-4-5-7-26(25)38-3;;;/h4-11,16-18,31H,12-15H2,1-3H3,(H,34,35);3*1H. The first-order valence-electron chi connectivity index (χ1n) is 12.6. The van der Waals surface area contributed by atoms with Crippen LogP contribution in [0.25, 0.3) is 10.9 Å². The second-order valence-electron chi connectivity index (χ2n) is 9.59. The number of hydrogen-bond acceptors (Lipinski definition) is 7. The van der Waals surface area contributed by atoms with Crippen LogP contribution in [0.5, 0.6) is 5.75 Å². The van der Waals surface area contributed by atoms with Crippen molar-refractivity contribution in [1.82, 2.24) is 4.98 Å². The molecular weight excluding hydrogens is 623 g/mol. The molecule has 226 valence electrons. The maximum atomic E-state index is 13.1. The first kappa shape index (κ1) is 34.8. The molecule has 0 bridgehead atoms. The Bertz CT molecular complexity index is 1680. The molecule has 4 aromatic rings. The van der Waals surface area contributed by atoms with Crippen LogP contribution < -0.4 is 19.3 Å². The number of carboxylic acid groups (broad SMARTS) is 1. The molecule has 0 saturated carbocycles. The number of aryl methyl sites for hydroxylation is 2. The molecule has 0 unspecified atom stereocenters. The Morgan fingerprint density at radius 3 is 2.21 bits per heavy atom. The van der Waals surface area contributed by atoms with Gasteiger partial charge in [-0.3, -0.25) is 4.72 Å². The van der Waals surface area contributed by atoms with E-state index in [4.69, 9.17) is 9.72 Å². The number of rotatable bonds is 7. The zero-order valence-electron chi connectivity index (χ0n) is 23.2. The molecule has 13 heteroatoms. The van der Waals surface area contributed by atoms with Gasteiger partial charge in [0.25, 0.3) is 10.0 Å². The summed E-state index contributed by atoms with van der Waals surface area (Å²) in [6.07, 6.45) is 0. The normalized spacial score (nSPS) is 12.9. The number of hydrogen-bond donors (Lipinski definition) is 2. The minimum atomic E-state index is -3.86. The number of carbonyl (C=O) groups is 1. The van der Waals surface area contributed by atoms with Gasteiger partial charge in [0.2, 0.25) is 0 Å². The maximum absolute atomic E-state index is 13.1. The summed E-state index contributed by atoms with van der Waals surface area (Å²) >= 11 is 0. The van der Waals surface area contributed by atoms with E-state index in [9.17, 15) is 18.3 Å². The van der Waals surface area contributed by atoms with Gasteiger partial charge in [-0.2, -0.15) is 0 Å². The maximum Gasteiger partial charge on any atom is 0.336 e. The summed E-state index contributed by atoms with van der Waals surface area (Å²) in [5.74, 6) is 0.279. The van der Waals surface area contributed by atoms with Crippen molar-refractivity contribution >= 4 is 81.3 Å². The number of nitrogens with one attached hydrogen (secondary N) is 1. The highest BCUT2D eigenvalue weighted by Crippen LogP contribution is 2.31. The summed E-state index contributed by atoms with van der Waals surface area (Å²) in [6.45, 7) is 6.40. The molecule has 2 heterocycles. The Morgan fingerprint density at radius 2 is 1.57 bits per heavy atom. The van der Waals surface area contributed by atoms with Gasteiger partial charge in [0.1, 0.15) is 11.6 Å². The van der Waals surface area contributed by atoms with Crippen LogP contribution in [0.4, 0.5) is 17.2 Å². The predicted molar refractivity (Wildman–Crippen MR) is 175 cm³/mol. The summed E-state index contributed by atoms with van der Waals surface area (Å²) < 4.78 is 34.2. The van der Waals surface area contributed by atoms with Crippen molar-refractivity contribution < 1.29 is 23.1 Å². The van der Waals surface area contributed by atoms with E-state index in [2.05, 4.69) is 14.5 Å². The molecule has 3 aromatic carbocycles. The van der Waals surface area contributed by atoms with Gasteiger partial charge in [-0.05, 0) is 61.9 Å². The third-order valence-electron chi connectivity index (χ3n) is 6.93. The van der Waals surface area contributed by atoms with Crippen molar-refractivity contribution in [2.24, 2.45) is 0 Å². The van der Waals surface area contributed by atoms with E-state index in [1.54, 1.807) is 50.4 Å². The Kier molecular flexibility index (Phi) is 11.7. The summed E-state index contributed by atoms with van der Waals surface area (Å²) in [5, 5.41) is 10.4. The molecule has 1 aromatic heterocycles. The lowest BCUT2D eigenvalue weighted by Gasteiger charge is -2.37. The van der Waals surface area contributed by atoms with Crippen molar-refractivity contribution in [3.8, 4) is 5.75 Å². The first-order chi connectivity index (χ1) is 18.7. The molecule has 0 atom stereocenters. The number of methoxy groups -OCH3 is 1. The van der Waals surface area contributed by atoms with Crippen LogP contribution in [0.1, 0.15) is 21.5 Å². The molecule has 9 nitrogen and oxygen atoms in total. The topological polar surface area (TPSA) is 112 Å². The highest BCUT2D eigenvalue weighted by atomic mass is 35.5. The fraction of sp³-hybridized carbons (Fsp3) is 0.241. The lowest BCUT2D eigenvalue weighted by atomic mass is 10.1. The van der Waals surface area contributed by atoms with Crippen molar-refractivity contribution in [3.05, 3.63) is 83.4 Å². The number of benzene rings is 3.